The molecule has 2 aliphatic rings. The quantitative estimate of drug-likeness (QED) is 0.797. The number of carbonyl (C=O) groups is 1. The summed E-state index contributed by atoms with van der Waals surface area (Å²) in [5.74, 6) is 0.809. The van der Waals surface area contributed by atoms with E-state index in [9.17, 15) is 4.79 Å². The molecular formula is C13H24N2O2. The molecule has 2 fully saturated rings. The Kier molecular flexibility index (Phi) is 4.80. The van der Waals surface area contributed by atoms with Gasteiger partial charge in [0.2, 0.25) is 5.91 Å². The zero-order chi connectivity index (χ0) is 12.1. The lowest BCUT2D eigenvalue weighted by Crippen LogP contribution is -2.38. The highest BCUT2D eigenvalue weighted by Gasteiger charge is 2.22. The molecule has 4 heteroatoms. The third kappa shape index (κ3) is 3.96. The molecule has 0 saturated carbocycles. The Balaban J connectivity index is 1.70. The normalized spacial score (nSPS) is 29.2. The van der Waals surface area contributed by atoms with E-state index in [2.05, 4.69) is 5.32 Å². The van der Waals surface area contributed by atoms with E-state index in [-0.39, 0.29) is 5.91 Å². The van der Waals surface area contributed by atoms with Gasteiger partial charge in [0.05, 0.1) is 6.61 Å². The average Bonchev–Trinajstić information content (AvgIpc) is 2.83. The van der Waals surface area contributed by atoms with Gasteiger partial charge in [-0.05, 0) is 38.1 Å². The molecule has 2 aliphatic heterocycles. The van der Waals surface area contributed by atoms with Gasteiger partial charge in [-0.15, -0.1) is 0 Å². The lowest BCUT2D eigenvalue weighted by atomic mass is 10.0. The third-order valence-electron chi connectivity index (χ3n) is 3.80. The maximum absolute atomic E-state index is 12.0. The Labute approximate surface area is 104 Å². The number of nitrogens with one attached hydrogen (secondary N) is 1. The van der Waals surface area contributed by atoms with Crippen molar-refractivity contribution in [3.05, 3.63) is 0 Å². The fraction of sp³-hybridized carbons (Fsp3) is 0.923. The van der Waals surface area contributed by atoms with Gasteiger partial charge in [0.1, 0.15) is 0 Å². The number of hydrogen-bond acceptors (Lipinski definition) is 3. The van der Waals surface area contributed by atoms with Crippen molar-refractivity contribution in [1.82, 2.24) is 10.2 Å². The number of carbonyl (C=O) groups excluding carboxylic acids is 1. The summed E-state index contributed by atoms with van der Waals surface area (Å²) in [6, 6.07) is 0.410. The fourth-order valence-corrected chi connectivity index (χ4v) is 2.74. The lowest BCUT2D eigenvalue weighted by molar-refractivity contribution is -0.131. The van der Waals surface area contributed by atoms with E-state index in [1.54, 1.807) is 0 Å². The van der Waals surface area contributed by atoms with E-state index in [0.29, 0.717) is 18.4 Å². The molecule has 98 valence electrons. The van der Waals surface area contributed by atoms with Crippen LogP contribution in [0.2, 0.25) is 0 Å². The minimum Gasteiger partial charge on any atom is -0.381 e. The van der Waals surface area contributed by atoms with Gasteiger partial charge in [0.25, 0.3) is 0 Å². The van der Waals surface area contributed by atoms with Crippen molar-refractivity contribution in [2.75, 3.05) is 33.4 Å². The molecule has 0 spiro atoms. The number of hydrogen-bond donors (Lipinski definition) is 1. The second kappa shape index (κ2) is 6.36. The Morgan fingerprint density at radius 3 is 2.94 bits per heavy atom. The minimum absolute atomic E-state index is 0.273. The Morgan fingerprint density at radius 1 is 1.41 bits per heavy atom. The standard InChI is InChI=1S/C13H24N2O2/c1-15(9-11-4-3-7-17-10-11)13(16)8-12-5-2-6-14-12/h11-12,14H,2-10H2,1H3. The van der Waals surface area contributed by atoms with Crippen LogP contribution in [0.4, 0.5) is 0 Å². The number of nitrogens with zero attached hydrogens (tertiary/aromatic N) is 1. The van der Waals surface area contributed by atoms with E-state index < -0.39 is 0 Å². The molecule has 0 aromatic rings. The lowest BCUT2D eigenvalue weighted by Gasteiger charge is -2.27. The van der Waals surface area contributed by atoms with Crippen LogP contribution >= 0.6 is 0 Å². The van der Waals surface area contributed by atoms with E-state index in [1.165, 1.54) is 12.8 Å². The molecule has 2 saturated heterocycles. The van der Waals surface area contributed by atoms with Gasteiger partial charge in [-0.25, -0.2) is 0 Å². The van der Waals surface area contributed by atoms with Crippen LogP contribution in [0.1, 0.15) is 32.1 Å². The molecule has 17 heavy (non-hydrogen) atoms. The topological polar surface area (TPSA) is 41.6 Å². The van der Waals surface area contributed by atoms with Crippen LogP contribution in [0.25, 0.3) is 0 Å². The summed E-state index contributed by atoms with van der Waals surface area (Å²) < 4.78 is 5.45. The van der Waals surface area contributed by atoms with Gasteiger partial charge in [-0.1, -0.05) is 0 Å². The highest BCUT2D eigenvalue weighted by Crippen LogP contribution is 2.16. The summed E-state index contributed by atoms with van der Waals surface area (Å²) >= 11 is 0. The summed E-state index contributed by atoms with van der Waals surface area (Å²) in [5.41, 5.74) is 0. The second-order valence-electron chi connectivity index (χ2n) is 5.35. The molecule has 0 bridgehead atoms. The van der Waals surface area contributed by atoms with Gasteiger partial charge in [-0.2, -0.15) is 0 Å². The largest absolute Gasteiger partial charge is 0.381 e. The van der Waals surface area contributed by atoms with Crippen LogP contribution in [-0.4, -0.2) is 50.2 Å². The molecule has 2 rings (SSSR count). The zero-order valence-corrected chi connectivity index (χ0v) is 10.8. The van der Waals surface area contributed by atoms with Gasteiger partial charge in [0.15, 0.2) is 0 Å². The van der Waals surface area contributed by atoms with Crippen molar-refractivity contribution < 1.29 is 9.53 Å². The van der Waals surface area contributed by atoms with E-state index in [0.717, 1.165) is 39.1 Å². The van der Waals surface area contributed by atoms with Gasteiger partial charge in [0, 0.05) is 32.7 Å². The van der Waals surface area contributed by atoms with Crippen LogP contribution in [0.3, 0.4) is 0 Å². The smallest absolute Gasteiger partial charge is 0.223 e. The first-order valence-electron chi connectivity index (χ1n) is 6.81. The Hall–Kier alpha value is -0.610. The minimum atomic E-state index is 0.273. The highest BCUT2D eigenvalue weighted by atomic mass is 16.5. The summed E-state index contributed by atoms with van der Waals surface area (Å²) in [7, 11) is 1.92. The van der Waals surface area contributed by atoms with E-state index in [1.807, 2.05) is 11.9 Å². The monoisotopic (exact) mass is 240 g/mol. The highest BCUT2D eigenvalue weighted by molar-refractivity contribution is 5.76. The van der Waals surface area contributed by atoms with Gasteiger partial charge >= 0.3 is 0 Å². The molecule has 0 radical (unpaired) electrons. The van der Waals surface area contributed by atoms with Crippen LogP contribution in [0.15, 0.2) is 0 Å². The van der Waals surface area contributed by atoms with Crippen molar-refractivity contribution in [3.8, 4) is 0 Å². The molecule has 4 nitrogen and oxygen atoms in total. The molecule has 2 unspecified atom stereocenters. The molecule has 2 atom stereocenters. The first-order valence-corrected chi connectivity index (χ1v) is 6.81. The summed E-state index contributed by atoms with van der Waals surface area (Å²) in [6.45, 7) is 3.63. The summed E-state index contributed by atoms with van der Waals surface area (Å²) in [5, 5.41) is 3.37. The van der Waals surface area contributed by atoms with Crippen molar-refractivity contribution >= 4 is 5.91 Å². The zero-order valence-electron chi connectivity index (χ0n) is 10.8. The second-order valence-corrected chi connectivity index (χ2v) is 5.35. The van der Waals surface area contributed by atoms with Crippen molar-refractivity contribution in [2.24, 2.45) is 5.92 Å². The number of amides is 1. The van der Waals surface area contributed by atoms with Crippen molar-refractivity contribution in [1.29, 1.82) is 0 Å². The predicted octanol–water partition coefficient (Wildman–Crippen LogP) is 1.01. The van der Waals surface area contributed by atoms with E-state index in [4.69, 9.17) is 4.74 Å². The van der Waals surface area contributed by atoms with Crippen LogP contribution in [0, 0.1) is 5.92 Å². The number of rotatable bonds is 4. The van der Waals surface area contributed by atoms with Gasteiger partial charge < -0.3 is 15.0 Å². The summed E-state index contributed by atoms with van der Waals surface area (Å²) in [4.78, 5) is 13.9. The third-order valence-corrected chi connectivity index (χ3v) is 3.80. The number of ether oxygens (including phenoxy) is 1. The maximum Gasteiger partial charge on any atom is 0.223 e. The first-order chi connectivity index (χ1) is 8.25. The molecule has 1 amide bonds. The Morgan fingerprint density at radius 2 is 2.29 bits per heavy atom. The van der Waals surface area contributed by atoms with Crippen LogP contribution in [-0.2, 0) is 9.53 Å². The van der Waals surface area contributed by atoms with Crippen molar-refractivity contribution in [3.63, 3.8) is 0 Å². The molecule has 2 heterocycles. The van der Waals surface area contributed by atoms with Crippen LogP contribution < -0.4 is 5.32 Å². The molecular weight excluding hydrogens is 216 g/mol. The van der Waals surface area contributed by atoms with Crippen LogP contribution in [0.5, 0.6) is 0 Å². The van der Waals surface area contributed by atoms with E-state index >= 15 is 0 Å². The van der Waals surface area contributed by atoms with Gasteiger partial charge in [-0.3, -0.25) is 4.79 Å². The molecule has 0 aromatic heterocycles. The SMILES string of the molecule is CN(CC1CCCOC1)C(=O)CC1CCCN1. The van der Waals surface area contributed by atoms with Crippen molar-refractivity contribution in [2.45, 2.75) is 38.1 Å². The predicted molar refractivity (Wildman–Crippen MR) is 66.8 cm³/mol. The first kappa shape index (κ1) is 12.8. The molecule has 0 aliphatic carbocycles. The average molecular weight is 240 g/mol. The molecule has 0 aromatic carbocycles. The maximum atomic E-state index is 12.0. The Bertz CT molecular complexity index is 246. The fourth-order valence-electron chi connectivity index (χ4n) is 2.74. The summed E-state index contributed by atoms with van der Waals surface area (Å²) in [6.07, 6.45) is 5.34. The molecule has 1 N–H and O–H groups in total.